The van der Waals surface area contributed by atoms with Crippen LogP contribution in [0.3, 0.4) is 0 Å². The molecule has 1 saturated heterocycles. The van der Waals surface area contributed by atoms with Crippen LogP contribution in [0, 0.1) is 0 Å². The van der Waals surface area contributed by atoms with Crippen molar-refractivity contribution in [2.45, 2.75) is 25.7 Å². The fourth-order valence-electron chi connectivity index (χ4n) is 4.54. The van der Waals surface area contributed by atoms with E-state index in [0.717, 1.165) is 53.9 Å². The summed E-state index contributed by atoms with van der Waals surface area (Å²) >= 11 is 0. The number of hydrogen-bond acceptors (Lipinski definition) is 7. The monoisotopic (exact) mass is 446 g/mol. The summed E-state index contributed by atoms with van der Waals surface area (Å²) in [5, 5.41) is 15.4. The molecule has 33 heavy (non-hydrogen) atoms. The number of aromatic nitrogens is 1. The number of fused-ring (bicyclic) bond motifs is 1. The molecule has 1 amide bonds. The molecule has 1 fully saturated rings. The Balaban J connectivity index is 1.37. The Labute approximate surface area is 191 Å². The number of ether oxygens (including phenoxy) is 1. The SMILES string of the molecule is O=C(NCCN1CCCC1)Oc1cc(-c2ccncc2)c(-c2ccc3c(c2)CCC3=NO)o1. The van der Waals surface area contributed by atoms with Gasteiger partial charge in [-0.2, -0.15) is 0 Å². The summed E-state index contributed by atoms with van der Waals surface area (Å²) in [7, 11) is 0. The summed E-state index contributed by atoms with van der Waals surface area (Å²) in [4.78, 5) is 18.8. The average Bonchev–Trinajstić information content (AvgIpc) is 3.59. The maximum atomic E-state index is 12.3. The van der Waals surface area contributed by atoms with Gasteiger partial charge in [0.1, 0.15) is 5.76 Å². The summed E-state index contributed by atoms with van der Waals surface area (Å²) in [5.41, 5.74) is 5.33. The fraction of sp³-hybridized carbons (Fsp3) is 0.320. The molecule has 0 unspecified atom stereocenters. The molecule has 1 aromatic carbocycles. The molecule has 0 radical (unpaired) electrons. The van der Waals surface area contributed by atoms with Crippen molar-refractivity contribution in [1.29, 1.82) is 0 Å². The summed E-state index contributed by atoms with van der Waals surface area (Å²) in [6.45, 7) is 3.51. The van der Waals surface area contributed by atoms with Gasteiger partial charge >= 0.3 is 6.09 Å². The molecule has 0 spiro atoms. The van der Waals surface area contributed by atoms with Gasteiger partial charge in [0.25, 0.3) is 5.95 Å². The largest absolute Gasteiger partial charge is 0.425 e. The van der Waals surface area contributed by atoms with Crippen LogP contribution in [0.1, 0.15) is 30.4 Å². The normalized spacial score (nSPS) is 16.8. The van der Waals surface area contributed by atoms with Crippen LogP contribution in [-0.4, -0.2) is 53.1 Å². The highest BCUT2D eigenvalue weighted by molar-refractivity contribution is 6.04. The third kappa shape index (κ3) is 4.61. The van der Waals surface area contributed by atoms with Crippen LogP contribution in [0.5, 0.6) is 5.95 Å². The maximum absolute atomic E-state index is 12.3. The van der Waals surface area contributed by atoms with Crippen LogP contribution >= 0.6 is 0 Å². The summed E-state index contributed by atoms with van der Waals surface area (Å²) < 4.78 is 11.5. The molecule has 3 heterocycles. The Kier molecular flexibility index (Phi) is 6.08. The molecule has 2 N–H and O–H groups in total. The lowest BCUT2D eigenvalue weighted by molar-refractivity contribution is 0.186. The molecule has 0 saturated carbocycles. The molecule has 8 nitrogen and oxygen atoms in total. The Morgan fingerprint density at radius 2 is 1.91 bits per heavy atom. The number of nitrogens with zero attached hydrogens (tertiary/aromatic N) is 3. The van der Waals surface area contributed by atoms with Gasteiger partial charge in [-0.15, -0.1) is 0 Å². The zero-order valence-corrected chi connectivity index (χ0v) is 18.3. The van der Waals surface area contributed by atoms with Crippen LogP contribution < -0.4 is 10.1 Å². The molecule has 5 rings (SSSR count). The number of carbonyl (C=O) groups is 1. The number of carbonyl (C=O) groups excluding carboxylic acids is 1. The highest BCUT2D eigenvalue weighted by atomic mass is 16.6. The van der Waals surface area contributed by atoms with Crippen molar-refractivity contribution in [2.75, 3.05) is 26.2 Å². The Hall–Kier alpha value is -3.65. The van der Waals surface area contributed by atoms with Gasteiger partial charge in [0.05, 0.1) is 5.71 Å². The summed E-state index contributed by atoms with van der Waals surface area (Å²) in [5.74, 6) is 0.742. The predicted octanol–water partition coefficient (Wildman–Crippen LogP) is 4.32. The van der Waals surface area contributed by atoms with Crippen LogP contribution in [0.15, 0.2) is 58.4 Å². The van der Waals surface area contributed by atoms with Gasteiger partial charge in [0, 0.05) is 48.2 Å². The molecule has 0 atom stereocenters. The van der Waals surface area contributed by atoms with E-state index < -0.39 is 6.09 Å². The van der Waals surface area contributed by atoms with Crippen molar-refractivity contribution >= 4 is 11.8 Å². The molecular formula is C25H26N4O4. The smallest absolute Gasteiger partial charge is 0.415 e. The van der Waals surface area contributed by atoms with E-state index in [4.69, 9.17) is 9.15 Å². The number of pyridine rings is 1. The van der Waals surface area contributed by atoms with Crippen LogP contribution in [-0.2, 0) is 6.42 Å². The zero-order valence-electron chi connectivity index (χ0n) is 18.3. The number of hydrogen-bond donors (Lipinski definition) is 2. The van der Waals surface area contributed by atoms with Crippen molar-refractivity contribution in [3.63, 3.8) is 0 Å². The van der Waals surface area contributed by atoms with Gasteiger partial charge in [0.15, 0.2) is 0 Å². The quantitative estimate of drug-likeness (QED) is 0.432. The summed E-state index contributed by atoms with van der Waals surface area (Å²) in [6.07, 6.45) is 6.83. The lowest BCUT2D eigenvalue weighted by atomic mass is 10.00. The molecule has 170 valence electrons. The van der Waals surface area contributed by atoms with Crippen molar-refractivity contribution < 1.29 is 19.2 Å². The number of rotatable bonds is 6. The van der Waals surface area contributed by atoms with Gasteiger partial charge < -0.3 is 24.6 Å². The van der Waals surface area contributed by atoms with Crippen molar-refractivity contribution in [2.24, 2.45) is 5.16 Å². The van der Waals surface area contributed by atoms with Gasteiger partial charge in [0.2, 0.25) is 0 Å². The second-order valence-corrected chi connectivity index (χ2v) is 8.33. The van der Waals surface area contributed by atoms with E-state index in [0.29, 0.717) is 24.4 Å². The second kappa shape index (κ2) is 9.46. The number of furan rings is 1. The second-order valence-electron chi connectivity index (χ2n) is 8.33. The van der Waals surface area contributed by atoms with E-state index in [2.05, 4.69) is 20.4 Å². The van der Waals surface area contributed by atoms with E-state index in [-0.39, 0.29) is 5.95 Å². The van der Waals surface area contributed by atoms with Crippen molar-refractivity contribution in [3.8, 4) is 28.4 Å². The van der Waals surface area contributed by atoms with Crippen LogP contribution in [0.2, 0.25) is 0 Å². The van der Waals surface area contributed by atoms with E-state index in [1.54, 1.807) is 18.5 Å². The third-order valence-electron chi connectivity index (χ3n) is 6.22. The van der Waals surface area contributed by atoms with Gasteiger partial charge in [-0.1, -0.05) is 17.3 Å². The zero-order chi connectivity index (χ0) is 22.6. The van der Waals surface area contributed by atoms with Gasteiger partial charge in [-0.25, -0.2) is 4.79 Å². The number of likely N-dealkylation sites (tertiary alicyclic amines) is 1. The highest BCUT2D eigenvalue weighted by Gasteiger charge is 2.22. The highest BCUT2D eigenvalue weighted by Crippen LogP contribution is 2.39. The minimum absolute atomic E-state index is 0.133. The first kappa shape index (κ1) is 21.2. The Morgan fingerprint density at radius 1 is 1.09 bits per heavy atom. The van der Waals surface area contributed by atoms with E-state index in [1.165, 1.54) is 12.8 Å². The number of aryl methyl sites for hydroxylation is 1. The number of amides is 1. The average molecular weight is 447 g/mol. The number of benzene rings is 1. The standard InChI is InChI=1S/C25H26N4O4/c30-25(27-11-14-29-12-1-2-13-29)33-23-16-21(17-7-9-26-10-8-17)24(32-23)19-3-5-20-18(15-19)4-6-22(20)28-31/h3,5,7-10,15-16,31H,1-2,4,6,11-14H2,(H,27,30). The topological polar surface area (TPSA) is 100 Å². The van der Waals surface area contributed by atoms with Crippen molar-refractivity contribution in [1.82, 2.24) is 15.2 Å². The molecular weight excluding hydrogens is 420 g/mol. The van der Waals surface area contributed by atoms with Crippen molar-refractivity contribution in [3.05, 3.63) is 59.9 Å². The molecule has 2 aromatic heterocycles. The number of oxime groups is 1. The first-order valence-electron chi connectivity index (χ1n) is 11.3. The van der Waals surface area contributed by atoms with E-state index >= 15 is 0 Å². The van der Waals surface area contributed by atoms with Crippen LogP contribution in [0.4, 0.5) is 4.79 Å². The van der Waals surface area contributed by atoms with E-state index in [9.17, 15) is 10.0 Å². The third-order valence-corrected chi connectivity index (χ3v) is 6.22. The maximum Gasteiger partial charge on any atom is 0.415 e. The van der Waals surface area contributed by atoms with E-state index in [1.807, 2.05) is 30.3 Å². The van der Waals surface area contributed by atoms with Crippen LogP contribution in [0.25, 0.3) is 22.5 Å². The molecule has 2 aliphatic rings. The fourth-order valence-corrected chi connectivity index (χ4v) is 4.54. The number of nitrogens with one attached hydrogen (secondary N) is 1. The Bertz CT molecular complexity index is 1170. The first-order chi connectivity index (χ1) is 16.2. The molecule has 0 bridgehead atoms. The molecule has 1 aliphatic carbocycles. The Morgan fingerprint density at radius 3 is 2.70 bits per heavy atom. The molecule has 1 aliphatic heterocycles. The first-order valence-corrected chi connectivity index (χ1v) is 11.3. The van der Waals surface area contributed by atoms with Gasteiger partial charge in [-0.05, 0) is 68.1 Å². The minimum atomic E-state index is -0.534. The predicted molar refractivity (Wildman–Crippen MR) is 124 cm³/mol. The summed E-state index contributed by atoms with van der Waals surface area (Å²) in [6, 6.07) is 11.4. The molecule has 3 aromatic rings. The van der Waals surface area contributed by atoms with Gasteiger partial charge in [-0.3, -0.25) is 4.98 Å². The molecule has 8 heteroatoms. The lowest BCUT2D eigenvalue weighted by Crippen LogP contribution is -2.34. The minimum Gasteiger partial charge on any atom is -0.425 e. The lowest BCUT2D eigenvalue weighted by Gasteiger charge is -2.14.